The van der Waals surface area contributed by atoms with Crippen LogP contribution in [0.5, 0.6) is 0 Å². The molecule has 94 valence electrons. The SMILES string of the molecule is CCC1CCCCCN1Cc1cc(N)ccn1. The summed E-state index contributed by atoms with van der Waals surface area (Å²) < 4.78 is 0. The Kier molecular flexibility index (Phi) is 4.37. The van der Waals surface area contributed by atoms with Crippen molar-refractivity contribution in [3.63, 3.8) is 0 Å². The monoisotopic (exact) mass is 233 g/mol. The molecule has 2 rings (SSSR count). The Morgan fingerprint density at radius 3 is 3.06 bits per heavy atom. The van der Waals surface area contributed by atoms with Gasteiger partial charge in [0.1, 0.15) is 0 Å². The van der Waals surface area contributed by atoms with E-state index in [9.17, 15) is 0 Å². The van der Waals surface area contributed by atoms with Gasteiger partial charge in [0.2, 0.25) is 0 Å². The van der Waals surface area contributed by atoms with Gasteiger partial charge in [0, 0.05) is 24.5 Å². The van der Waals surface area contributed by atoms with Gasteiger partial charge in [-0.25, -0.2) is 0 Å². The largest absolute Gasteiger partial charge is 0.399 e. The maximum Gasteiger partial charge on any atom is 0.0564 e. The van der Waals surface area contributed by atoms with Crippen molar-refractivity contribution in [2.75, 3.05) is 12.3 Å². The molecule has 1 unspecified atom stereocenters. The van der Waals surface area contributed by atoms with Crippen LogP contribution in [-0.4, -0.2) is 22.5 Å². The highest BCUT2D eigenvalue weighted by atomic mass is 15.2. The van der Waals surface area contributed by atoms with Crippen molar-refractivity contribution in [3.8, 4) is 0 Å². The predicted molar refractivity (Wildman–Crippen MR) is 71.6 cm³/mol. The molecule has 3 nitrogen and oxygen atoms in total. The summed E-state index contributed by atoms with van der Waals surface area (Å²) in [6.45, 7) is 4.44. The van der Waals surface area contributed by atoms with Crippen LogP contribution in [0.3, 0.4) is 0 Å². The van der Waals surface area contributed by atoms with Crippen LogP contribution in [0.1, 0.15) is 44.7 Å². The van der Waals surface area contributed by atoms with Gasteiger partial charge in [-0.05, 0) is 37.9 Å². The molecular formula is C14H23N3. The number of nitrogen functional groups attached to an aromatic ring is 1. The fourth-order valence-corrected chi connectivity index (χ4v) is 2.70. The maximum atomic E-state index is 5.80. The van der Waals surface area contributed by atoms with E-state index in [0.29, 0.717) is 0 Å². The molecule has 1 fully saturated rings. The quantitative estimate of drug-likeness (QED) is 0.873. The third-order valence-corrected chi connectivity index (χ3v) is 3.68. The molecule has 0 spiro atoms. The molecule has 0 amide bonds. The molecule has 1 atom stereocenters. The van der Waals surface area contributed by atoms with E-state index in [2.05, 4.69) is 16.8 Å². The molecule has 1 aliphatic heterocycles. The van der Waals surface area contributed by atoms with Crippen LogP contribution in [0, 0.1) is 0 Å². The minimum Gasteiger partial charge on any atom is -0.399 e. The number of hydrogen-bond donors (Lipinski definition) is 1. The Morgan fingerprint density at radius 2 is 2.29 bits per heavy atom. The molecule has 0 aromatic carbocycles. The normalized spacial score (nSPS) is 22.3. The third kappa shape index (κ3) is 3.43. The topological polar surface area (TPSA) is 42.1 Å². The van der Waals surface area contributed by atoms with Crippen LogP contribution in [0.25, 0.3) is 0 Å². The number of likely N-dealkylation sites (tertiary alicyclic amines) is 1. The zero-order chi connectivity index (χ0) is 12.1. The van der Waals surface area contributed by atoms with Gasteiger partial charge in [-0.15, -0.1) is 0 Å². The summed E-state index contributed by atoms with van der Waals surface area (Å²) >= 11 is 0. The van der Waals surface area contributed by atoms with Crippen LogP contribution in [0.15, 0.2) is 18.3 Å². The van der Waals surface area contributed by atoms with Gasteiger partial charge in [0.25, 0.3) is 0 Å². The number of nitrogens with two attached hydrogens (primary N) is 1. The lowest BCUT2D eigenvalue weighted by molar-refractivity contribution is 0.184. The highest BCUT2D eigenvalue weighted by Gasteiger charge is 2.19. The fourth-order valence-electron chi connectivity index (χ4n) is 2.70. The van der Waals surface area contributed by atoms with E-state index >= 15 is 0 Å². The first kappa shape index (κ1) is 12.4. The first-order valence-corrected chi connectivity index (χ1v) is 6.74. The van der Waals surface area contributed by atoms with E-state index in [1.165, 1.54) is 38.6 Å². The second kappa shape index (κ2) is 6.01. The number of pyridine rings is 1. The Morgan fingerprint density at radius 1 is 1.41 bits per heavy atom. The molecular weight excluding hydrogens is 210 g/mol. The van der Waals surface area contributed by atoms with Gasteiger partial charge in [0.05, 0.1) is 5.69 Å². The molecule has 17 heavy (non-hydrogen) atoms. The minimum absolute atomic E-state index is 0.723. The van der Waals surface area contributed by atoms with Crippen LogP contribution in [-0.2, 0) is 6.54 Å². The van der Waals surface area contributed by atoms with Crippen molar-refractivity contribution in [3.05, 3.63) is 24.0 Å². The summed E-state index contributed by atoms with van der Waals surface area (Å²) in [6, 6.07) is 4.57. The second-order valence-corrected chi connectivity index (χ2v) is 4.96. The third-order valence-electron chi connectivity index (χ3n) is 3.68. The summed E-state index contributed by atoms with van der Waals surface area (Å²) in [5, 5.41) is 0. The van der Waals surface area contributed by atoms with Gasteiger partial charge >= 0.3 is 0 Å². The Balaban J connectivity index is 2.04. The van der Waals surface area contributed by atoms with Crippen molar-refractivity contribution < 1.29 is 0 Å². The van der Waals surface area contributed by atoms with Crippen LogP contribution in [0.4, 0.5) is 5.69 Å². The van der Waals surface area contributed by atoms with Gasteiger partial charge in [-0.2, -0.15) is 0 Å². The van der Waals surface area contributed by atoms with Crippen LogP contribution >= 0.6 is 0 Å². The molecule has 2 heterocycles. The lowest BCUT2D eigenvalue weighted by atomic mass is 10.1. The number of aromatic nitrogens is 1. The van der Waals surface area contributed by atoms with Crippen molar-refractivity contribution >= 4 is 5.69 Å². The van der Waals surface area contributed by atoms with E-state index < -0.39 is 0 Å². The molecule has 0 saturated carbocycles. The number of anilines is 1. The number of nitrogens with zero attached hydrogens (tertiary/aromatic N) is 2. The summed E-state index contributed by atoms with van der Waals surface area (Å²) in [6.07, 6.45) is 8.44. The fraction of sp³-hybridized carbons (Fsp3) is 0.643. The molecule has 0 aliphatic carbocycles. The van der Waals surface area contributed by atoms with Crippen molar-refractivity contribution in [1.82, 2.24) is 9.88 Å². The van der Waals surface area contributed by atoms with Crippen LogP contribution in [0.2, 0.25) is 0 Å². The maximum absolute atomic E-state index is 5.80. The molecule has 0 bridgehead atoms. The molecule has 1 saturated heterocycles. The van der Waals surface area contributed by atoms with Gasteiger partial charge < -0.3 is 5.73 Å². The van der Waals surface area contributed by atoms with Crippen molar-refractivity contribution in [2.24, 2.45) is 0 Å². The Labute approximate surface area is 104 Å². The minimum atomic E-state index is 0.723. The Bertz CT molecular complexity index is 351. The first-order chi connectivity index (χ1) is 8.29. The first-order valence-electron chi connectivity index (χ1n) is 6.74. The van der Waals surface area contributed by atoms with Gasteiger partial charge in [-0.3, -0.25) is 9.88 Å². The molecule has 0 radical (unpaired) electrons. The Hall–Kier alpha value is -1.09. The smallest absolute Gasteiger partial charge is 0.0564 e. The van der Waals surface area contributed by atoms with Gasteiger partial charge in [0.15, 0.2) is 0 Å². The number of rotatable bonds is 3. The predicted octanol–water partition coefficient (Wildman–Crippen LogP) is 2.82. The summed E-state index contributed by atoms with van der Waals surface area (Å²) in [5.74, 6) is 0. The standard InChI is InChI=1S/C14H23N3/c1-2-14-6-4-3-5-9-17(14)11-13-10-12(15)7-8-16-13/h7-8,10,14H,2-6,9,11H2,1H3,(H2,15,16). The zero-order valence-electron chi connectivity index (χ0n) is 10.7. The van der Waals surface area contributed by atoms with E-state index in [1.54, 1.807) is 0 Å². The zero-order valence-corrected chi connectivity index (χ0v) is 10.7. The molecule has 1 aromatic heterocycles. The van der Waals surface area contributed by atoms with Gasteiger partial charge in [-0.1, -0.05) is 19.8 Å². The van der Waals surface area contributed by atoms with Crippen LogP contribution < -0.4 is 5.73 Å². The molecule has 1 aromatic rings. The summed E-state index contributed by atoms with van der Waals surface area (Å²) in [5.41, 5.74) is 7.72. The second-order valence-electron chi connectivity index (χ2n) is 4.96. The lowest BCUT2D eigenvalue weighted by Gasteiger charge is -2.28. The summed E-state index contributed by atoms with van der Waals surface area (Å²) in [4.78, 5) is 6.99. The average Bonchev–Trinajstić information content (AvgIpc) is 2.54. The van der Waals surface area contributed by atoms with E-state index in [4.69, 9.17) is 5.73 Å². The number of hydrogen-bond acceptors (Lipinski definition) is 3. The van der Waals surface area contributed by atoms with E-state index in [1.807, 2.05) is 18.3 Å². The molecule has 3 heteroatoms. The van der Waals surface area contributed by atoms with E-state index in [0.717, 1.165) is 24.0 Å². The highest BCUT2D eigenvalue weighted by molar-refractivity contribution is 5.37. The van der Waals surface area contributed by atoms with Crippen molar-refractivity contribution in [2.45, 2.75) is 51.6 Å². The lowest BCUT2D eigenvalue weighted by Crippen LogP contribution is -2.34. The molecule has 1 aliphatic rings. The van der Waals surface area contributed by atoms with E-state index in [-0.39, 0.29) is 0 Å². The molecule has 2 N–H and O–H groups in total. The average molecular weight is 233 g/mol. The highest BCUT2D eigenvalue weighted by Crippen LogP contribution is 2.21. The van der Waals surface area contributed by atoms with Crippen molar-refractivity contribution in [1.29, 1.82) is 0 Å². The summed E-state index contributed by atoms with van der Waals surface area (Å²) in [7, 11) is 0.